The molecule has 1 aliphatic carbocycles. The Bertz CT molecular complexity index is 546. The quantitative estimate of drug-likeness (QED) is 0.579. The summed E-state index contributed by atoms with van der Waals surface area (Å²) in [6, 6.07) is 5.98. The third-order valence-corrected chi connectivity index (χ3v) is 5.18. The van der Waals surface area contributed by atoms with E-state index in [9.17, 15) is 0 Å². The van der Waals surface area contributed by atoms with Crippen molar-refractivity contribution < 1.29 is 0 Å². The van der Waals surface area contributed by atoms with E-state index >= 15 is 0 Å². The number of thiocarbonyl (C=S) groups is 1. The normalized spacial score (nSPS) is 19.5. The number of anilines is 1. The van der Waals surface area contributed by atoms with E-state index < -0.39 is 4.33 Å². The summed E-state index contributed by atoms with van der Waals surface area (Å²) in [7, 11) is 0. The van der Waals surface area contributed by atoms with E-state index in [1.54, 1.807) is 0 Å². The van der Waals surface area contributed by atoms with Gasteiger partial charge in [0.15, 0.2) is 5.11 Å². The van der Waals surface area contributed by atoms with Crippen molar-refractivity contribution in [2.45, 2.75) is 37.6 Å². The van der Waals surface area contributed by atoms with Crippen LogP contribution in [0.1, 0.15) is 25.8 Å². The lowest BCUT2D eigenvalue weighted by molar-refractivity contribution is 0.340. The van der Waals surface area contributed by atoms with Crippen molar-refractivity contribution >= 4 is 57.8 Å². The summed E-state index contributed by atoms with van der Waals surface area (Å²) >= 11 is 23.8. The van der Waals surface area contributed by atoms with Crippen molar-refractivity contribution in [2.24, 2.45) is 5.92 Å². The van der Waals surface area contributed by atoms with Gasteiger partial charge < -0.3 is 10.2 Å². The first-order chi connectivity index (χ1) is 9.70. The number of nitrogens with zero attached hydrogens (tertiary/aromatic N) is 1. The second kappa shape index (κ2) is 6.49. The summed E-state index contributed by atoms with van der Waals surface area (Å²) in [4.78, 5) is 2.13. The van der Waals surface area contributed by atoms with Crippen LogP contribution in [0.2, 0.25) is 5.02 Å². The predicted octanol–water partition coefficient (Wildman–Crippen LogP) is 5.25. The molecule has 1 saturated carbocycles. The standard InChI is InChI=1S/C15H19Cl3N2S/c1-9(2)20(8-11-7-15(11,17)18)14(21)19-13-5-4-12(16)6-10(13)3/h4-6,9,11H,7-8H2,1-3H3,(H,19,21). The Morgan fingerprint density at radius 2 is 2.10 bits per heavy atom. The molecule has 0 amide bonds. The van der Waals surface area contributed by atoms with Crippen molar-refractivity contribution in [1.82, 2.24) is 4.90 Å². The van der Waals surface area contributed by atoms with Crippen LogP contribution in [-0.4, -0.2) is 26.9 Å². The van der Waals surface area contributed by atoms with Gasteiger partial charge in [0.1, 0.15) is 4.33 Å². The highest BCUT2D eigenvalue weighted by atomic mass is 35.5. The number of benzene rings is 1. The first-order valence-electron chi connectivity index (χ1n) is 6.92. The average molecular weight is 366 g/mol. The van der Waals surface area contributed by atoms with E-state index in [-0.39, 0.29) is 12.0 Å². The van der Waals surface area contributed by atoms with E-state index in [1.165, 1.54) is 0 Å². The van der Waals surface area contributed by atoms with Crippen LogP contribution in [0.5, 0.6) is 0 Å². The van der Waals surface area contributed by atoms with E-state index in [4.69, 9.17) is 47.0 Å². The minimum atomic E-state index is -0.584. The molecular formula is C15H19Cl3N2S. The van der Waals surface area contributed by atoms with Crippen molar-refractivity contribution in [3.05, 3.63) is 28.8 Å². The molecule has 1 aliphatic rings. The molecule has 0 aromatic heterocycles. The molecule has 6 heteroatoms. The van der Waals surface area contributed by atoms with Crippen LogP contribution in [0, 0.1) is 12.8 Å². The Balaban J connectivity index is 2.05. The molecule has 0 aliphatic heterocycles. The minimum Gasteiger partial charge on any atom is -0.346 e. The van der Waals surface area contributed by atoms with Crippen molar-refractivity contribution in [2.75, 3.05) is 11.9 Å². The van der Waals surface area contributed by atoms with Gasteiger partial charge in [0.2, 0.25) is 0 Å². The number of nitrogens with one attached hydrogen (secondary N) is 1. The van der Waals surface area contributed by atoms with E-state index in [0.717, 1.165) is 29.2 Å². The molecule has 2 nitrogen and oxygen atoms in total. The lowest BCUT2D eigenvalue weighted by Gasteiger charge is -2.30. The maximum atomic E-state index is 6.12. The van der Waals surface area contributed by atoms with Gasteiger partial charge in [0.05, 0.1) is 0 Å². The van der Waals surface area contributed by atoms with Crippen LogP contribution < -0.4 is 5.32 Å². The highest BCUT2D eigenvalue weighted by Gasteiger charge is 2.52. The molecule has 2 rings (SSSR count). The molecule has 1 unspecified atom stereocenters. The predicted molar refractivity (Wildman–Crippen MR) is 96.8 cm³/mol. The molecule has 0 bridgehead atoms. The fraction of sp³-hybridized carbons (Fsp3) is 0.533. The molecule has 0 saturated heterocycles. The molecule has 1 fully saturated rings. The summed E-state index contributed by atoms with van der Waals surface area (Å²) < 4.78 is -0.584. The van der Waals surface area contributed by atoms with E-state index in [2.05, 4.69) is 24.1 Å². The number of aryl methyl sites for hydroxylation is 1. The second-order valence-corrected chi connectivity index (χ2v) is 8.16. The summed E-state index contributed by atoms with van der Waals surface area (Å²) in [6.45, 7) is 6.98. The van der Waals surface area contributed by atoms with Crippen LogP contribution in [0.3, 0.4) is 0 Å². The summed E-state index contributed by atoms with van der Waals surface area (Å²) in [6.07, 6.45) is 0.821. The Hall–Kier alpha value is -0.220. The van der Waals surface area contributed by atoms with Crippen LogP contribution in [0.4, 0.5) is 5.69 Å². The number of alkyl halides is 2. The van der Waals surface area contributed by atoms with E-state index in [0.29, 0.717) is 5.11 Å². The molecule has 0 radical (unpaired) electrons. The largest absolute Gasteiger partial charge is 0.346 e. The van der Waals surface area contributed by atoms with Crippen molar-refractivity contribution in [3.8, 4) is 0 Å². The Morgan fingerprint density at radius 1 is 1.48 bits per heavy atom. The summed E-state index contributed by atoms with van der Waals surface area (Å²) in [5.41, 5.74) is 2.03. The van der Waals surface area contributed by atoms with Crippen molar-refractivity contribution in [1.29, 1.82) is 0 Å². The number of halogens is 3. The lowest BCUT2D eigenvalue weighted by Crippen LogP contribution is -2.41. The van der Waals surface area contributed by atoms with Gasteiger partial charge in [0.25, 0.3) is 0 Å². The zero-order valence-corrected chi connectivity index (χ0v) is 15.4. The van der Waals surface area contributed by atoms with Gasteiger partial charge in [-0.2, -0.15) is 0 Å². The lowest BCUT2D eigenvalue weighted by atomic mass is 10.2. The second-order valence-electron chi connectivity index (χ2n) is 5.80. The Morgan fingerprint density at radius 3 is 2.57 bits per heavy atom. The third-order valence-electron chi connectivity index (χ3n) is 3.69. The molecule has 116 valence electrons. The first kappa shape index (κ1) is 17.1. The highest BCUT2D eigenvalue weighted by Crippen LogP contribution is 2.53. The molecule has 0 spiro atoms. The maximum Gasteiger partial charge on any atom is 0.173 e. The minimum absolute atomic E-state index is 0.272. The smallest absolute Gasteiger partial charge is 0.173 e. The molecule has 21 heavy (non-hydrogen) atoms. The third kappa shape index (κ3) is 4.38. The van der Waals surface area contributed by atoms with Gasteiger partial charge in [-0.25, -0.2) is 0 Å². The molecule has 1 aromatic rings. The Labute approximate surface area is 146 Å². The van der Waals surface area contributed by atoms with Gasteiger partial charge in [-0.15, -0.1) is 23.2 Å². The molecule has 1 N–H and O–H groups in total. The number of hydrogen-bond donors (Lipinski definition) is 1. The van der Waals surface area contributed by atoms with Crippen LogP contribution in [0.25, 0.3) is 0 Å². The molecule has 0 heterocycles. The zero-order valence-electron chi connectivity index (χ0n) is 12.3. The fourth-order valence-corrected chi connectivity index (χ4v) is 3.32. The van der Waals surface area contributed by atoms with Gasteiger partial charge in [0, 0.05) is 29.2 Å². The van der Waals surface area contributed by atoms with Gasteiger partial charge in [-0.1, -0.05) is 11.6 Å². The van der Waals surface area contributed by atoms with Gasteiger partial charge in [-0.3, -0.25) is 0 Å². The SMILES string of the molecule is Cc1cc(Cl)ccc1NC(=S)N(CC1CC1(Cl)Cl)C(C)C. The van der Waals surface area contributed by atoms with Crippen LogP contribution >= 0.6 is 47.0 Å². The monoisotopic (exact) mass is 364 g/mol. The topological polar surface area (TPSA) is 15.3 Å². The highest BCUT2D eigenvalue weighted by molar-refractivity contribution is 7.80. The average Bonchev–Trinajstić information content (AvgIpc) is 2.96. The zero-order chi connectivity index (χ0) is 15.8. The van der Waals surface area contributed by atoms with Crippen molar-refractivity contribution in [3.63, 3.8) is 0 Å². The summed E-state index contributed by atoms with van der Waals surface area (Å²) in [5.74, 6) is 0.272. The summed E-state index contributed by atoms with van der Waals surface area (Å²) in [5, 5.41) is 4.70. The van der Waals surface area contributed by atoms with Crippen LogP contribution in [0.15, 0.2) is 18.2 Å². The fourth-order valence-electron chi connectivity index (χ4n) is 2.19. The first-order valence-corrected chi connectivity index (χ1v) is 8.46. The van der Waals surface area contributed by atoms with Gasteiger partial charge in [-0.05, 0) is 63.2 Å². The maximum absolute atomic E-state index is 6.12. The molecular weight excluding hydrogens is 347 g/mol. The molecule has 1 atom stereocenters. The number of hydrogen-bond acceptors (Lipinski definition) is 1. The van der Waals surface area contributed by atoms with Gasteiger partial charge >= 0.3 is 0 Å². The Kier molecular flexibility index (Phi) is 5.30. The van der Waals surface area contributed by atoms with E-state index in [1.807, 2.05) is 25.1 Å². The molecule has 1 aromatic carbocycles. The number of rotatable bonds is 4. The van der Waals surface area contributed by atoms with Crippen LogP contribution in [-0.2, 0) is 0 Å².